The summed E-state index contributed by atoms with van der Waals surface area (Å²) < 4.78 is 5.16. The number of benzene rings is 2. The van der Waals surface area contributed by atoms with Crippen LogP contribution in [0.4, 0.5) is 5.69 Å². The number of carbonyl (C=O) groups is 1. The number of amides is 1. The Labute approximate surface area is 131 Å². The largest absolute Gasteiger partial charge is 0.497 e. The molecule has 0 saturated carbocycles. The zero-order valence-corrected chi connectivity index (χ0v) is 13.2. The van der Waals surface area contributed by atoms with Crippen LogP contribution in [-0.4, -0.2) is 13.0 Å². The van der Waals surface area contributed by atoms with Crippen molar-refractivity contribution in [2.75, 3.05) is 12.4 Å². The normalized spacial score (nSPS) is 10.9. The van der Waals surface area contributed by atoms with E-state index in [2.05, 4.69) is 19.2 Å². The van der Waals surface area contributed by atoms with Gasteiger partial charge in [0.2, 0.25) is 5.91 Å². The second-order valence-electron chi connectivity index (χ2n) is 5.34. The van der Waals surface area contributed by atoms with Crippen molar-refractivity contribution in [3.8, 4) is 5.75 Å². The Morgan fingerprint density at radius 1 is 1.14 bits per heavy atom. The van der Waals surface area contributed by atoms with Crippen LogP contribution in [0.15, 0.2) is 54.6 Å². The Morgan fingerprint density at radius 2 is 1.91 bits per heavy atom. The molecule has 0 aliphatic rings. The highest BCUT2D eigenvalue weighted by molar-refractivity contribution is 6.02. The molecule has 2 aromatic carbocycles. The molecule has 0 saturated heterocycles. The molecule has 0 aliphatic heterocycles. The van der Waals surface area contributed by atoms with Gasteiger partial charge >= 0.3 is 0 Å². The molecule has 1 amide bonds. The van der Waals surface area contributed by atoms with Gasteiger partial charge in [0.25, 0.3) is 0 Å². The monoisotopic (exact) mass is 295 g/mol. The lowest BCUT2D eigenvalue weighted by Crippen LogP contribution is -2.10. The third-order valence-electron chi connectivity index (χ3n) is 3.36. The van der Waals surface area contributed by atoms with Gasteiger partial charge in [0.1, 0.15) is 5.75 Å². The number of methoxy groups -OCH3 is 1. The first-order valence-electron chi connectivity index (χ1n) is 7.32. The first-order valence-corrected chi connectivity index (χ1v) is 7.32. The molecule has 0 aromatic heterocycles. The molecule has 0 radical (unpaired) electrons. The average molecular weight is 295 g/mol. The summed E-state index contributed by atoms with van der Waals surface area (Å²) in [7, 11) is 1.62. The summed E-state index contributed by atoms with van der Waals surface area (Å²) in [5.74, 6) is 0.988. The molecule has 0 fully saturated rings. The van der Waals surface area contributed by atoms with Crippen molar-refractivity contribution < 1.29 is 9.53 Å². The molecule has 0 bridgehead atoms. The third-order valence-corrected chi connectivity index (χ3v) is 3.36. The molecule has 0 aliphatic carbocycles. The maximum atomic E-state index is 12.1. The molecule has 0 heterocycles. The fraction of sp³-hybridized carbons (Fsp3) is 0.211. The standard InChI is InChI=1S/C19H21NO2/c1-14(2)17-9-4-5-10-18(17)20-19(21)12-11-15-7-6-8-16(13-15)22-3/h4-14H,1-3H3,(H,20,21)/b12-11+. The smallest absolute Gasteiger partial charge is 0.248 e. The predicted octanol–water partition coefficient (Wildman–Crippen LogP) is 4.47. The Morgan fingerprint density at radius 3 is 2.64 bits per heavy atom. The Kier molecular flexibility index (Phi) is 5.37. The van der Waals surface area contributed by atoms with E-state index in [0.717, 1.165) is 22.6 Å². The molecule has 22 heavy (non-hydrogen) atoms. The number of anilines is 1. The van der Waals surface area contributed by atoms with Gasteiger partial charge in [0, 0.05) is 11.8 Å². The second-order valence-corrected chi connectivity index (χ2v) is 5.34. The van der Waals surface area contributed by atoms with E-state index in [4.69, 9.17) is 4.74 Å². The van der Waals surface area contributed by atoms with Crippen molar-refractivity contribution in [1.29, 1.82) is 0 Å². The van der Waals surface area contributed by atoms with Crippen molar-refractivity contribution in [1.82, 2.24) is 0 Å². The molecular formula is C19H21NO2. The lowest BCUT2D eigenvalue weighted by Gasteiger charge is -2.12. The van der Waals surface area contributed by atoms with E-state index < -0.39 is 0 Å². The molecule has 3 nitrogen and oxygen atoms in total. The summed E-state index contributed by atoms with van der Waals surface area (Å²) in [6.07, 6.45) is 3.31. The van der Waals surface area contributed by atoms with Gasteiger partial charge in [-0.3, -0.25) is 4.79 Å². The van der Waals surface area contributed by atoms with Gasteiger partial charge in [-0.25, -0.2) is 0 Å². The minimum atomic E-state index is -0.143. The van der Waals surface area contributed by atoms with Crippen LogP contribution in [0.25, 0.3) is 6.08 Å². The second kappa shape index (κ2) is 7.46. The lowest BCUT2D eigenvalue weighted by atomic mass is 10.0. The van der Waals surface area contributed by atoms with Crippen LogP contribution in [0.3, 0.4) is 0 Å². The molecule has 2 rings (SSSR count). The number of para-hydroxylation sites is 1. The maximum absolute atomic E-state index is 12.1. The number of nitrogens with one attached hydrogen (secondary N) is 1. The molecule has 2 aromatic rings. The van der Waals surface area contributed by atoms with Crippen LogP contribution in [-0.2, 0) is 4.79 Å². The van der Waals surface area contributed by atoms with Crippen molar-refractivity contribution in [2.24, 2.45) is 0 Å². The van der Waals surface area contributed by atoms with Crippen molar-refractivity contribution >= 4 is 17.7 Å². The van der Waals surface area contributed by atoms with Gasteiger partial charge in [-0.05, 0) is 41.3 Å². The minimum absolute atomic E-state index is 0.143. The number of carbonyl (C=O) groups excluding carboxylic acids is 1. The van der Waals surface area contributed by atoms with E-state index in [0.29, 0.717) is 5.92 Å². The van der Waals surface area contributed by atoms with Crippen LogP contribution in [0.1, 0.15) is 30.9 Å². The van der Waals surface area contributed by atoms with Crippen LogP contribution in [0, 0.1) is 0 Å². The van der Waals surface area contributed by atoms with Gasteiger partial charge in [0.15, 0.2) is 0 Å². The third kappa shape index (κ3) is 4.22. The summed E-state index contributed by atoms with van der Waals surface area (Å²) in [6, 6.07) is 15.4. The quantitative estimate of drug-likeness (QED) is 0.826. The van der Waals surface area contributed by atoms with E-state index in [9.17, 15) is 4.79 Å². The van der Waals surface area contributed by atoms with Crippen LogP contribution >= 0.6 is 0 Å². The van der Waals surface area contributed by atoms with E-state index in [1.54, 1.807) is 13.2 Å². The number of hydrogen-bond acceptors (Lipinski definition) is 2. The molecular weight excluding hydrogens is 274 g/mol. The summed E-state index contributed by atoms with van der Waals surface area (Å²) in [5, 5.41) is 2.93. The highest BCUT2D eigenvalue weighted by Gasteiger charge is 2.07. The molecule has 3 heteroatoms. The summed E-state index contributed by atoms with van der Waals surface area (Å²) in [5.41, 5.74) is 2.91. The van der Waals surface area contributed by atoms with E-state index in [1.165, 1.54) is 6.08 Å². The average Bonchev–Trinajstić information content (AvgIpc) is 2.53. The van der Waals surface area contributed by atoms with Crippen LogP contribution in [0.5, 0.6) is 5.75 Å². The van der Waals surface area contributed by atoms with E-state index in [-0.39, 0.29) is 5.91 Å². The van der Waals surface area contributed by atoms with Gasteiger partial charge in [-0.15, -0.1) is 0 Å². The summed E-state index contributed by atoms with van der Waals surface area (Å²) >= 11 is 0. The predicted molar refractivity (Wildman–Crippen MR) is 91.2 cm³/mol. The molecule has 0 unspecified atom stereocenters. The van der Waals surface area contributed by atoms with Crippen LogP contribution < -0.4 is 10.1 Å². The Bertz CT molecular complexity index is 675. The van der Waals surface area contributed by atoms with E-state index in [1.807, 2.05) is 48.5 Å². The van der Waals surface area contributed by atoms with Crippen LogP contribution in [0.2, 0.25) is 0 Å². The van der Waals surface area contributed by atoms with E-state index >= 15 is 0 Å². The fourth-order valence-electron chi connectivity index (χ4n) is 2.21. The SMILES string of the molecule is COc1cccc(/C=C/C(=O)Nc2ccccc2C(C)C)c1. The first kappa shape index (κ1) is 15.8. The van der Waals surface area contributed by atoms with Crippen molar-refractivity contribution in [3.05, 3.63) is 65.7 Å². The molecule has 0 spiro atoms. The minimum Gasteiger partial charge on any atom is -0.497 e. The van der Waals surface area contributed by atoms with Crippen molar-refractivity contribution in [2.45, 2.75) is 19.8 Å². The van der Waals surface area contributed by atoms with Crippen molar-refractivity contribution in [3.63, 3.8) is 0 Å². The Hall–Kier alpha value is -2.55. The molecule has 1 N–H and O–H groups in total. The first-order chi connectivity index (χ1) is 10.6. The van der Waals surface area contributed by atoms with Gasteiger partial charge in [0.05, 0.1) is 7.11 Å². The highest BCUT2D eigenvalue weighted by Crippen LogP contribution is 2.23. The summed E-state index contributed by atoms with van der Waals surface area (Å²) in [4.78, 5) is 12.1. The number of hydrogen-bond donors (Lipinski definition) is 1. The topological polar surface area (TPSA) is 38.3 Å². The van der Waals surface area contributed by atoms with Gasteiger partial charge in [-0.1, -0.05) is 44.2 Å². The van der Waals surface area contributed by atoms with Gasteiger partial charge < -0.3 is 10.1 Å². The lowest BCUT2D eigenvalue weighted by molar-refractivity contribution is -0.111. The highest BCUT2D eigenvalue weighted by atomic mass is 16.5. The Balaban J connectivity index is 2.08. The summed E-state index contributed by atoms with van der Waals surface area (Å²) in [6.45, 7) is 4.22. The maximum Gasteiger partial charge on any atom is 0.248 e. The number of ether oxygens (including phenoxy) is 1. The fourth-order valence-corrected chi connectivity index (χ4v) is 2.21. The zero-order valence-electron chi connectivity index (χ0n) is 13.2. The number of rotatable bonds is 5. The zero-order chi connectivity index (χ0) is 15.9. The van der Waals surface area contributed by atoms with Gasteiger partial charge in [-0.2, -0.15) is 0 Å². The molecule has 0 atom stereocenters. The molecule has 114 valence electrons.